The zero-order chi connectivity index (χ0) is 20.8. The lowest BCUT2D eigenvalue weighted by atomic mass is 10.1. The fourth-order valence-corrected chi connectivity index (χ4v) is 2.88. The van der Waals surface area contributed by atoms with Gasteiger partial charge in [0.15, 0.2) is 5.96 Å². The highest BCUT2D eigenvalue weighted by atomic mass is 16.5. The maximum atomic E-state index is 11.9. The molecule has 0 aromatic rings. The van der Waals surface area contributed by atoms with Crippen LogP contribution in [-0.2, 0) is 14.3 Å². The number of hydrogen-bond donors (Lipinski definition) is 2. The molecule has 0 atom stereocenters. The quantitative estimate of drug-likeness (QED) is 0.289. The predicted octanol–water partition coefficient (Wildman–Crippen LogP) is 0.926. The Labute approximate surface area is 171 Å². The first-order chi connectivity index (χ1) is 13.4. The van der Waals surface area contributed by atoms with Crippen molar-refractivity contribution in [3.63, 3.8) is 0 Å². The fourth-order valence-electron chi connectivity index (χ4n) is 2.88. The summed E-state index contributed by atoms with van der Waals surface area (Å²) in [6.07, 6.45) is 3.31. The Morgan fingerprint density at radius 3 is 2.57 bits per heavy atom. The topological polar surface area (TPSA) is 78.4 Å². The van der Waals surface area contributed by atoms with Gasteiger partial charge in [-0.15, -0.1) is 0 Å². The van der Waals surface area contributed by atoms with Gasteiger partial charge in [-0.25, -0.2) is 4.99 Å². The van der Waals surface area contributed by atoms with Gasteiger partial charge >= 0.3 is 0 Å². The molecule has 164 valence electrons. The van der Waals surface area contributed by atoms with Gasteiger partial charge in [0.1, 0.15) is 6.54 Å². The number of ether oxygens (including phenoxy) is 2. The largest absolute Gasteiger partial charge is 0.382 e. The molecule has 1 amide bonds. The summed E-state index contributed by atoms with van der Waals surface area (Å²) in [5.41, 5.74) is 0. The fraction of sp³-hybridized carbons (Fsp3) is 0.900. The summed E-state index contributed by atoms with van der Waals surface area (Å²) < 4.78 is 11.0. The molecule has 1 saturated heterocycles. The Bertz CT molecular complexity index is 449. The number of amides is 1. The summed E-state index contributed by atoms with van der Waals surface area (Å²) in [5.74, 6) is 0.712. The van der Waals surface area contributed by atoms with Crippen molar-refractivity contribution in [1.29, 1.82) is 0 Å². The zero-order valence-electron chi connectivity index (χ0n) is 18.5. The lowest BCUT2D eigenvalue weighted by Crippen LogP contribution is -2.49. The van der Waals surface area contributed by atoms with Gasteiger partial charge in [-0.3, -0.25) is 4.79 Å². The molecule has 0 aromatic heterocycles. The predicted molar refractivity (Wildman–Crippen MR) is 114 cm³/mol. The van der Waals surface area contributed by atoms with E-state index in [0.29, 0.717) is 12.0 Å². The Morgan fingerprint density at radius 1 is 1.25 bits per heavy atom. The normalized spacial score (nSPS) is 16.4. The van der Waals surface area contributed by atoms with E-state index >= 15 is 0 Å². The number of aliphatic imine (C=N–C) groups is 1. The lowest BCUT2D eigenvalue weighted by Gasteiger charge is -2.33. The van der Waals surface area contributed by atoms with Crippen LogP contribution in [0, 0.1) is 0 Å². The lowest BCUT2D eigenvalue weighted by molar-refractivity contribution is -0.127. The zero-order valence-corrected chi connectivity index (χ0v) is 18.5. The Balaban J connectivity index is 2.42. The van der Waals surface area contributed by atoms with Crippen LogP contribution in [-0.4, -0.2) is 100 Å². The SMILES string of the molecule is CCOCCCNC(=NCC(=O)N(C)C)NC1CCN(CCOC(C)C)CC1. The summed E-state index contributed by atoms with van der Waals surface area (Å²) in [5, 5.41) is 6.84. The van der Waals surface area contributed by atoms with E-state index in [9.17, 15) is 4.79 Å². The molecule has 0 unspecified atom stereocenters. The third kappa shape index (κ3) is 11.5. The molecule has 1 heterocycles. The number of carbonyl (C=O) groups excluding carboxylic acids is 1. The van der Waals surface area contributed by atoms with E-state index in [2.05, 4.69) is 34.4 Å². The average molecular weight is 400 g/mol. The van der Waals surface area contributed by atoms with Crippen molar-refractivity contribution in [3.8, 4) is 0 Å². The van der Waals surface area contributed by atoms with Crippen molar-refractivity contribution in [1.82, 2.24) is 20.4 Å². The third-order valence-electron chi connectivity index (χ3n) is 4.62. The van der Waals surface area contributed by atoms with Gasteiger partial charge in [-0.05, 0) is 40.0 Å². The molecule has 8 heteroatoms. The molecule has 1 rings (SSSR count). The highest BCUT2D eigenvalue weighted by molar-refractivity contribution is 5.84. The van der Waals surface area contributed by atoms with Gasteiger partial charge in [0.05, 0.1) is 12.7 Å². The Morgan fingerprint density at radius 2 is 1.96 bits per heavy atom. The van der Waals surface area contributed by atoms with Crippen molar-refractivity contribution >= 4 is 11.9 Å². The van der Waals surface area contributed by atoms with Crippen LogP contribution in [0.2, 0.25) is 0 Å². The molecular weight excluding hydrogens is 358 g/mol. The summed E-state index contributed by atoms with van der Waals surface area (Å²) in [6.45, 7) is 12.4. The second-order valence-corrected chi connectivity index (χ2v) is 7.61. The summed E-state index contributed by atoms with van der Waals surface area (Å²) >= 11 is 0. The van der Waals surface area contributed by atoms with E-state index in [1.165, 1.54) is 0 Å². The number of likely N-dealkylation sites (N-methyl/N-ethyl adjacent to an activating group) is 1. The van der Waals surface area contributed by atoms with Crippen molar-refractivity contribution in [2.75, 3.05) is 66.6 Å². The molecule has 0 spiro atoms. The molecule has 1 fully saturated rings. The van der Waals surface area contributed by atoms with E-state index in [1.807, 2.05) is 6.92 Å². The van der Waals surface area contributed by atoms with Crippen molar-refractivity contribution in [3.05, 3.63) is 0 Å². The Hall–Kier alpha value is -1.38. The molecule has 8 nitrogen and oxygen atoms in total. The molecule has 0 aliphatic carbocycles. The van der Waals surface area contributed by atoms with Crippen LogP contribution >= 0.6 is 0 Å². The van der Waals surface area contributed by atoms with Gasteiger partial charge < -0.3 is 29.9 Å². The van der Waals surface area contributed by atoms with E-state index in [-0.39, 0.29) is 18.6 Å². The van der Waals surface area contributed by atoms with Crippen molar-refractivity contribution in [2.24, 2.45) is 4.99 Å². The van der Waals surface area contributed by atoms with Crippen molar-refractivity contribution < 1.29 is 14.3 Å². The smallest absolute Gasteiger partial charge is 0.243 e. The van der Waals surface area contributed by atoms with Crippen LogP contribution in [0.25, 0.3) is 0 Å². The highest BCUT2D eigenvalue weighted by Crippen LogP contribution is 2.10. The van der Waals surface area contributed by atoms with Gasteiger partial charge in [-0.2, -0.15) is 0 Å². The molecule has 0 bridgehead atoms. The molecule has 1 aliphatic heterocycles. The van der Waals surface area contributed by atoms with E-state index < -0.39 is 0 Å². The molecule has 2 N–H and O–H groups in total. The van der Waals surface area contributed by atoms with E-state index in [0.717, 1.165) is 65.3 Å². The first kappa shape index (κ1) is 24.7. The number of likely N-dealkylation sites (tertiary alicyclic amines) is 1. The minimum atomic E-state index is -0.00427. The molecule has 28 heavy (non-hydrogen) atoms. The molecule has 1 aliphatic rings. The number of piperidine rings is 1. The molecule has 0 saturated carbocycles. The third-order valence-corrected chi connectivity index (χ3v) is 4.62. The van der Waals surface area contributed by atoms with Gasteiger partial charge in [0, 0.05) is 59.5 Å². The number of rotatable bonds is 12. The summed E-state index contributed by atoms with van der Waals surface area (Å²) in [7, 11) is 3.50. The Kier molecular flexibility index (Phi) is 12.9. The van der Waals surface area contributed by atoms with Crippen LogP contribution < -0.4 is 10.6 Å². The molecule has 0 radical (unpaired) electrons. The van der Waals surface area contributed by atoms with E-state index in [1.54, 1.807) is 19.0 Å². The van der Waals surface area contributed by atoms with Crippen LogP contribution in [0.1, 0.15) is 40.0 Å². The first-order valence-corrected chi connectivity index (χ1v) is 10.6. The molecule has 0 aromatic carbocycles. The second kappa shape index (κ2) is 14.6. The number of guanidine groups is 1. The highest BCUT2D eigenvalue weighted by Gasteiger charge is 2.20. The number of hydrogen-bond acceptors (Lipinski definition) is 5. The number of nitrogens with zero attached hydrogens (tertiary/aromatic N) is 3. The maximum Gasteiger partial charge on any atom is 0.243 e. The average Bonchev–Trinajstić information content (AvgIpc) is 2.66. The maximum absolute atomic E-state index is 11.9. The van der Waals surface area contributed by atoms with Crippen LogP contribution in [0.5, 0.6) is 0 Å². The van der Waals surface area contributed by atoms with Gasteiger partial charge in [0.25, 0.3) is 0 Å². The monoisotopic (exact) mass is 399 g/mol. The minimum absolute atomic E-state index is 0.00427. The first-order valence-electron chi connectivity index (χ1n) is 10.6. The number of nitrogens with one attached hydrogen (secondary N) is 2. The van der Waals surface area contributed by atoms with Crippen LogP contribution in [0.4, 0.5) is 0 Å². The standard InChI is InChI=1S/C20H41N5O3/c1-6-27-14-7-10-21-20(22-16-19(26)24(4)5)23-18-8-11-25(12-9-18)13-15-28-17(2)3/h17-18H,6-16H2,1-5H3,(H2,21,22,23). The summed E-state index contributed by atoms with van der Waals surface area (Å²) in [4.78, 5) is 20.4. The van der Waals surface area contributed by atoms with Gasteiger partial charge in [0.2, 0.25) is 5.91 Å². The van der Waals surface area contributed by atoms with E-state index in [4.69, 9.17) is 9.47 Å². The summed E-state index contributed by atoms with van der Waals surface area (Å²) in [6, 6.07) is 0.370. The van der Waals surface area contributed by atoms with Crippen LogP contribution in [0.3, 0.4) is 0 Å². The minimum Gasteiger partial charge on any atom is -0.382 e. The number of carbonyl (C=O) groups is 1. The second-order valence-electron chi connectivity index (χ2n) is 7.61. The van der Waals surface area contributed by atoms with Crippen LogP contribution in [0.15, 0.2) is 4.99 Å². The van der Waals surface area contributed by atoms with Gasteiger partial charge in [-0.1, -0.05) is 0 Å². The molecular formula is C20H41N5O3. The van der Waals surface area contributed by atoms with Crippen molar-refractivity contribution in [2.45, 2.75) is 52.2 Å².